The number of allylic oxidation sites excluding steroid dienone is 4. The fourth-order valence-corrected chi connectivity index (χ4v) is 7.75. The largest absolute Gasteiger partial charge is 0.530 e. The summed E-state index contributed by atoms with van der Waals surface area (Å²) >= 11 is 3.53. The molecular formula is C20H18N2O2S2Si. The van der Waals surface area contributed by atoms with Gasteiger partial charge >= 0.3 is 8.56 Å². The minimum atomic E-state index is -3.01. The van der Waals surface area contributed by atoms with Crippen LogP contribution >= 0.6 is 23.5 Å². The van der Waals surface area contributed by atoms with Gasteiger partial charge in [0.2, 0.25) is 0 Å². The van der Waals surface area contributed by atoms with Crippen LogP contribution in [0, 0.1) is 0 Å². The first-order chi connectivity index (χ1) is 13.4. The smallest absolute Gasteiger partial charge is 0.506 e. The summed E-state index contributed by atoms with van der Waals surface area (Å²) in [5.74, 6) is 3.33. The van der Waals surface area contributed by atoms with Crippen molar-refractivity contribution in [2.45, 2.75) is 0 Å². The molecule has 2 aromatic rings. The summed E-state index contributed by atoms with van der Waals surface area (Å²) in [6, 6.07) is 7.51. The summed E-state index contributed by atoms with van der Waals surface area (Å²) in [7, 11) is -3.01. The van der Waals surface area contributed by atoms with E-state index in [-0.39, 0.29) is 0 Å². The van der Waals surface area contributed by atoms with Gasteiger partial charge in [0.15, 0.2) is 0 Å². The highest BCUT2D eigenvalue weighted by Crippen LogP contribution is 2.35. The number of aromatic nitrogens is 2. The number of thioether (sulfide) groups is 2. The lowest BCUT2D eigenvalue weighted by Crippen LogP contribution is -2.53. The van der Waals surface area contributed by atoms with Crippen LogP contribution in [0.5, 0.6) is 11.5 Å². The monoisotopic (exact) mass is 410 g/mol. The maximum Gasteiger partial charge on any atom is 0.530 e. The Bertz CT molecular complexity index is 823. The molecule has 0 bridgehead atoms. The van der Waals surface area contributed by atoms with Gasteiger partial charge in [0, 0.05) is 46.7 Å². The van der Waals surface area contributed by atoms with Gasteiger partial charge in [-0.05, 0) is 47.2 Å². The molecule has 136 valence electrons. The third kappa shape index (κ3) is 4.21. The van der Waals surface area contributed by atoms with E-state index in [0.29, 0.717) is 0 Å². The Morgan fingerprint density at radius 3 is 1.52 bits per heavy atom. The van der Waals surface area contributed by atoms with Crippen LogP contribution in [0.2, 0.25) is 0 Å². The topological polar surface area (TPSA) is 44.2 Å². The Morgan fingerprint density at radius 2 is 1.15 bits per heavy atom. The van der Waals surface area contributed by atoms with Crippen molar-refractivity contribution < 1.29 is 8.85 Å². The molecule has 0 radical (unpaired) electrons. The van der Waals surface area contributed by atoms with Crippen molar-refractivity contribution in [1.82, 2.24) is 9.97 Å². The first-order valence-corrected chi connectivity index (χ1v) is 12.4. The van der Waals surface area contributed by atoms with Crippen molar-refractivity contribution in [1.29, 1.82) is 0 Å². The molecule has 27 heavy (non-hydrogen) atoms. The highest BCUT2D eigenvalue weighted by molar-refractivity contribution is 8.02. The summed E-state index contributed by atoms with van der Waals surface area (Å²) in [5.41, 5.74) is 0. The number of rotatable bonds is 6. The second-order valence-electron chi connectivity index (χ2n) is 5.78. The summed E-state index contributed by atoms with van der Waals surface area (Å²) in [5, 5.41) is 6.45. The van der Waals surface area contributed by atoms with E-state index in [0.717, 1.165) is 33.4 Å². The zero-order valence-electron chi connectivity index (χ0n) is 14.5. The molecule has 0 saturated carbocycles. The van der Waals surface area contributed by atoms with E-state index in [2.05, 4.69) is 45.1 Å². The first-order valence-electron chi connectivity index (χ1n) is 8.52. The molecule has 0 aliphatic carbocycles. The number of hydrogen-bond acceptors (Lipinski definition) is 6. The highest BCUT2D eigenvalue weighted by atomic mass is 32.2. The van der Waals surface area contributed by atoms with Gasteiger partial charge < -0.3 is 8.85 Å². The van der Waals surface area contributed by atoms with Crippen LogP contribution in [0.4, 0.5) is 0 Å². The van der Waals surface area contributed by atoms with E-state index in [9.17, 15) is 0 Å². The third-order valence-electron chi connectivity index (χ3n) is 4.07. The lowest BCUT2D eigenvalue weighted by atomic mass is 10.5. The van der Waals surface area contributed by atoms with E-state index < -0.39 is 8.56 Å². The quantitative estimate of drug-likeness (QED) is 0.636. The van der Waals surface area contributed by atoms with Crippen LogP contribution in [0.25, 0.3) is 0 Å². The van der Waals surface area contributed by atoms with Crippen LogP contribution in [-0.4, -0.2) is 30.0 Å². The molecule has 0 spiro atoms. The standard InChI is InChI=1S/C20H18N2O2S2Si/c1-9-21-10-2-17(1)23-27(19-5-13-25-14-6-19,20-7-15-26-16-8-20)24-18-3-11-22-12-4-18/h1-13,15H,14,16H2. The molecule has 0 atom stereocenters. The summed E-state index contributed by atoms with van der Waals surface area (Å²) in [6.07, 6.45) is 15.6. The van der Waals surface area contributed by atoms with E-state index in [4.69, 9.17) is 8.85 Å². The minimum Gasteiger partial charge on any atom is -0.506 e. The Labute approximate surface area is 168 Å². The summed E-state index contributed by atoms with van der Waals surface area (Å²) in [6.45, 7) is 0. The molecule has 0 saturated heterocycles. The molecular weight excluding hydrogens is 392 g/mol. The fraction of sp³-hybridized carbons (Fsp3) is 0.100. The second-order valence-corrected chi connectivity index (χ2v) is 10.5. The Hall–Kier alpha value is -2.22. The molecule has 0 fully saturated rings. The van der Waals surface area contributed by atoms with Gasteiger partial charge in [0.1, 0.15) is 11.5 Å². The molecule has 4 rings (SSSR count). The van der Waals surface area contributed by atoms with Crippen LogP contribution in [0.1, 0.15) is 0 Å². The molecule has 0 amide bonds. The zero-order valence-corrected chi connectivity index (χ0v) is 17.2. The molecule has 4 heterocycles. The first kappa shape index (κ1) is 18.2. The Kier molecular flexibility index (Phi) is 5.81. The van der Waals surface area contributed by atoms with Crippen molar-refractivity contribution in [2.24, 2.45) is 0 Å². The van der Waals surface area contributed by atoms with Crippen molar-refractivity contribution in [3.05, 3.63) is 94.6 Å². The van der Waals surface area contributed by atoms with E-state index in [1.165, 1.54) is 0 Å². The highest BCUT2D eigenvalue weighted by Gasteiger charge is 2.50. The SMILES string of the molecule is C1=CC([Si](Oc2ccncc2)(Oc2ccncc2)C2=CCSC=C2)=CCS1. The molecule has 0 N–H and O–H groups in total. The van der Waals surface area contributed by atoms with Crippen LogP contribution < -0.4 is 8.85 Å². The molecule has 0 aromatic carbocycles. The lowest BCUT2D eigenvalue weighted by molar-refractivity contribution is 0.406. The predicted molar refractivity (Wildman–Crippen MR) is 115 cm³/mol. The fourth-order valence-electron chi connectivity index (χ4n) is 2.82. The third-order valence-corrected chi connectivity index (χ3v) is 8.75. The molecule has 7 heteroatoms. The number of nitrogens with zero attached hydrogens (tertiary/aromatic N) is 2. The predicted octanol–water partition coefficient (Wildman–Crippen LogP) is 4.83. The van der Waals surface area contributed by atoms with Crippen molar-refractivity contribution in [3.8, 4) is 11.5 Å². The maximum absolute atomic E-state index is 6.68. The molecule has 2 aromatic heterocycles. The zero-order chi connectivity index (χ0) is 18.4. The number of hydrogen-bond donors (Lipinski definition) is 0. The second kappa shape index (κ2) is 8.64. The van der Waals surface area contributed by atoms with Crippen molar-refractivity contribution in [2.75, 3.05) is 11.5 Å². The van der Waals surface area contributed by atoms with Crippen LogP contribution in [0.3, 0.4) is 0 Å². The van der Waals surface area contributed by atoms with Gasteiger partial charge in [-0.1, -0.05) is 12.2 Å². The Balaban J connectivity index is 1.84. The average molecular weight is 411 g/mol. The lowest BCUT2D eigenvalue weighted by Gasteiger charge is -2.34. The van der Waals surface area contributed by atoms with Crippen molar-refractivity contribution in [3.63, 3.8) is 0 Å². The molecule has 2 aliphatic heterocycles. The minimum absolute atomic E-state index is 0.755. The van der Waals surface area contributed by atoms with E-state index in [1.807, 2.05) is 24.3 Å². The number of pyridine rings is 2. The van der Waals surface area contributed by atoms with Gasteiger partial charge in [-0.25, -0.2) is 0 Å². The van der Waals surface area contributed by atoms with Gasteiger partial charge in [0.05, 0.1) is 0 Å². The molecule has 4 nitrogen and oxygen atoms in total. The van der Waals surface area contributed by atoms with E-state index in [1.54, 1.807) is 48.3 Å². The van der Waals surface area contributed by atoms with Gasteiger partial charge in [-0.3, -0.25) is 9.97 Å². The normalized spacial score (nSPS) is 16.4. The van der Waals surface area contributed by atoms with Crippen LogP contribution in [0.15, 0.2) is 94.6 Å². The maximum atomic E-state index is 6.68. The van der Waals surface area contributed by atoms with E-state index >= 15 is 0 Å². The van der Waals surface area contributed by atoms with Crippen molar-refractivity contribution >= 4 is 32.1 Å². The average Bonchev–Trinajstić information content (AvgIpc) is 2.76. The molecule has 0 unspecified atom stereocenters. The van der Waals surface area contributed by atoms with Crippen LogP contribution in [-0.2, 0) is 0 Å². The molecule has 2 aliphatic rings. The van der Waals surface area contributed by atoms with Gasteiger partial charge in [-0.15, -0.1) is 23.5 Å². The van der Waals surface area contributed by atoms with Gasteiger partial charge in [-0.2, -0.15) is 0 Å². The summed E-state index contributed by atoms with van der Waals surface area (Å²) in [4.78, 5) is 8.21. The van der Waals surface area contributed by atoms with Gasteiger partial charge in [0.25, 0.3) is 0 Å². The summed E-state index contributed by atoms with van der Waals surface area (Å²) < 4.78 is 13.4. The Morgan fingerprint density at radius 1 is 0.704 bits per heavy atom.